The van der Waals surface area contributed by atoms with Crippen molar-refractivity contribution in [3.8, 4) is 0 Å². The lowest BCUT2D eigenvalue weighted by molar-refractivity contribution is -0.126. The lowest BCUT2D eigenvalue weighted by Gasteiger charge is -2.26. The largest absolute Gasteiger partial charge is 0.381 e. The predicted octanol–water partition coefficient (Wildman–Crippen LogP) is 2.20. The molecule has 0 aliphatic carbocycles. The van der Waals surface area contributed by atoms with Gasteiger partial charge in [0, 0.05) is 13.2 Å². The third-order valence-corrected chi connectivity index (χ3v) is 4.16. The summed E-state index contributed by atoms with van der Waals surface area (Å²) in [6, 6.07) is 6.05. The molecule has 0 unspecified atom stereocenters. The van der Waals surface area contributed by atoms with Crippen LogP contribution in [0.1, 0.15) is 30.9 Å². The zero-order valence-corrected chi connectivity index (χ0v) is 11.9. The van der Waals surface area contributed by atoms with Crippen molar-refractivity contribution in [1.29, 1.82) is 0 Å². The summed E-state index contributed by atoms with van der Waals surface area (Å²) >= 11 is 0. The average molecular weight is 293 g/mol. The van der Waals surface area contributed by atoms with Gasteiger partial charge in [-0.2, -0.15) is 0 Å². The lowest BCUT2D eigenvalue weighted by Crippen LogP contribution is -2.39. The van der Waals surface area contributed by atoms with E-state index in [-0.39, 0.29) is 29.8 Å². The first-order chi connectivity index (χ1) is 10.2. The highest BCUT2D eigenvalue weighted by molar-refractivity contribution is 5.79. The number of hydrogen-bond acceptors (Lipinski definition) is 3. The smallest absolute Gasteiger partial charge is 0.226 e. The Morgan fingerprint density at radius 3 is 2.67 bits per heavy atom. The summed E-state index contributed by atoms with van der Waals surface area (Å²) in [6.45, 7) is 1.83. The van der Waals surface area contributed by atoms with Gasteiger partial charge < -0.3 is 14.8 Å². The Hall–Kier alpha value is -1.46. The molecule has 2 aliphatic rings. The van der Waals surface area contributed by atoms with E-state index in [1.165, 1.54) is 12.1 Å². The minimum atomic E-state index is -0.277. The molecular formula is C16H20FNO3. The van der Waals surface area contributed by atoms with E-state index in [2.05, 4.69) is 5.32 Å². The van der Waals surface area contributed by atoms with Gasteiger partial charge >= 0.3 is 0 Å². The van der Waals surface area contributed by atoms with E-state index in [1.807, 2.05) is 0 Å². The number of rotatable bonds is 4. The van der Waals surface area contributed by atoms with Gasteiger partial charge in [-0.25, -0.2) is 4.39 Å². The van der Waals surface area contributed by atoms with Gasteiger partial charge in [0.15, 0.2) is 0 Å². The Morgan fingerprint density at radius 1 is 1.24 bits per heavy atom. The molecule has 0 aromatic heterocycles. The van der Waals surface area contributed by atoms with Crippen LogP contribution in [0.3, 0.4) is 0 Å². The van der Waals surface area contributed by atoms with Crippen LogP contribution in [0.25, 0.3) is 0 Å². The maximum atomic E-state index is 13.1. The molecule has 2 heterocycles. The summed E-state index contributed by atoms with van der Waals surface area (Å²) in [7, 11) is 0. The molecule has 3 atom stereocenters. The van der Waals surface area contributed by atoms with Crippen molar-refractivity contribution in [3.05, 3.63) is 35.6 Å². The first-order valence-electron chi connectivity index (χ1n) is 7.49. The van der Waals surface area contributed by atoms with Crippen molar-refractivity contribution < 1.29 is 18.7 Å². The number of halogens is 1. The van der Waals surface area contributed by atoms with Gasteiger partial charge in [0.2, 0.25) is 5.91 Å². The van der Waals surface area contributed by atoms with Gasteiger partial charge in [0.25, 0.3) is 0 Å². The molecule has 2 fully saturated rings. The zero-order chi connectivity index (χ0) is 14.7. The normalized spacial score (nSPS) is 26.7. The highest BCUT2D eigenvalue weighted by Crippen LogP contribution is 2.28. The molecule has 0 bridgehead atoms. The molecule has 3 rings (SSSR count). The van der Waals surface area contributed by atoms with Crippen LogP contribution in [-0.4, -0.2) is 31.8 Å². The Bertz CT molecular complexity index is 479. The molecule has 0 radical (unpaired) electrons. The average Bonchev–Trinajstić information content (AvgIpc) is 3.19. The molecule has 1 aromatic rings. The van der Waals surface area contributed by atoms with Crippen LogP contribution in [-0.2, 0) is 14.3 Å². The van der Waals surface area contributed by atoms with Crippen molar-refractivity contribution in [2.75, 3.05) is 19.8 Å². The summed E-state index contributed by atoms with van der Waals surface area (Å²) in [4.78, 5) is 12.3. The van der Waals surface area contributed by atoms with E-state index in [4.69, 9.17) is 9.47 Å². The second-order valence-corrected chi connectivity index (χ2v) is 5.65. The van der Waals surface area contributed by atoms with Crippen LogP contribution in [0.4, 0.5) is 4.39 Å². The number of benzene rings is 1. The lowest BCUT2D eigenvalue weighted by atomic mass is 9.98. The van der Waals surface area contributed by atoms with Crippen LogP contribution in [0.15, 0.2) is 24.3 Å². The first-order valence-corrected chi connectivity index (χ1v) is 7.49. The third-order valence-electron chi connectivity index (χ3n) is 4.16. The molecule has 1 N–H and O–H groups in total. The fourth-order valence-electron chi connectivity index (χ4n) is 2.94. The van der Waals surface area contributed by atoms with Crippen LogP contribution in [0.2, 0.25) is 0 Å². The Labute approximate surface area is 123 Å². The minimum Gasteiger partial charge on any atom is -0.381 e. The molecule has 1 amide bonds. The van der Waals surface area contributed by atoms with Crippen LogP contribution in [0, 0.1) is 11.7 Å². The molecule has 21 heavy (non-hydrogen) atoms. The van der Waals surface area contributed by atoms with Gasteiger partial charge in [0.05, 0.1) is 24.7 Å². The molecule has 0 spiro atoms. The maximum Gasteiger partial charge on any atom is 0.226 e. The van der Waals surface area contributed by atoms with Gasteiger partial charge in [-0.3, -0.25) is 4.79 Å². The van der Waals surface area contributed by atoms with E-state index >= 15 is 0 Å². The van der Waals surface area contributed by atoms with Crippen LogP contribution < -0.4 is 5.32 Å². The maximum absolute atomic E-state index is 13.1. The third kappa shape index (κ3) is 3.41. The number of hydrogen-bond donors (Lipinski definition) is 1. The molecule has 0 saturated carbocycles. The van der Waals surface area contributed by atoms with E-state index in [9.17, 15) is 9.18 Å². The van der Waals surface area contributed by atoms with Crippen molar-refractivity contribution >= 4 is 5.91 Å². The molecule has 2 saturated heterocycles. The van der Waals surface area contributed by atoms with E-state index in [1.54, 1.807) is 12.1 Å². The highest BCUT2D eigenvalue weighted by Gasteiger charge is 2.32. The van der Waals surface area contributed by atoms with Gasteiger partial charge in [-0.05, 0) is 37.0 Å². The Balaban J connectivity index is 1.75. The van der Waals surface area contributed by atoms with E-state index < -0.39 is 0 Å². The second kappa shape index (κ2) is 6.54. The topological polar surface area (TPSA) is 47.6 Å². The monoisotopic (exact) mass is 293 g/mol. The molecule has 1 aromatic carbocycles. The van der Waals surface area contributed by atoms with Crippen molar-refractivity contribution in [2.24, 2.45) is 5.92 Å². The summed E-state index contributed by atoms with van der Waals surface area (Å²) in [5.74, 6) is -0.368. The van der Waals surface area contributed by atoms with E-state index in [0.29, 0.717) is 19.8 Å². The Kier molecular flexibility index (Phi) is 4.51. The standard InChI is InChI=1S/C16H20FNO3/c17-13-5-3-11(4-6-13)15(14-2-1-8-21-14)18-16(19)12-7-9-20-10-12/h3-6,12,14-15H,1-2,7-10H2,(H,18,19)/t12-,14-,15-/m1/s1. The number of ether oxygens (including phenoxy) is 2. The number of nitrogens with one attached hydrogen (secondary N) is 1. The predicted molar refractivity (Wildman–Crippen MR) is 75.2 cm³/mol. The summed E-state index contributed by atoms with van der Waals surface area (Å²) < 4.78 is 24.1. The summed E-state index contributed by atoms with van der Waals surface area (Å²) in [5, 5.41) is 3.07. The first kappa shape index (κ1) is 14.5. The summed E-state index contributed by atoms with van der Waals surface area (Å²) in [5.41, 5.74) is 0.885. The number of amides is 1. The number of carbonyl (C=O) groups is 1. The Morgan fingerprint density at radius 2 is 2.05 bits per heavy atom. The van der Waals surface area contributed by atoms with Crippen molar-refractivity contribution in [1.82, 2.24) is 5.32 Å². The van der Waals surface area contributed by atoms with Gasteiger partial charge in [0.1, 0.15) is 5.82 Å². The minimum absolute atomic E-state index is 0.00248. The fraction of sp³-hybridized carbons (Fsp3) is 0.562. The molecule has 5 heteroatoms. The summed E-state index contributed by atoms with van der Waals surface area (Å²) in [6.07, 6.45) is 2.61. The molecule has 2 aliphatic heterocycles. The van der Waals surface area contributed by atoms with Gasteiger partial charge in [-0.15, -0.1) is 0 Å². The number of carbonyl (C=O) groups excluding carboxylic acids is 1. The molecule has 4 nitrogen and oxygen atoms in total. The van der Waals surface area contributed by atoms with Crippen LogP contribution >= 0.6 is 0 Å². The quantitative estimate of drug-likeness (QED) is 0.926. The SMILES string of the molecule is O=C(N[C@H](c1ccc(F)cc1)[C@H]1CCCO1)[C@@H]1CCOC1. The molecular weight excluding hydrogens is 273 g/mol. The highest BCUT2D eigenvalue weighted by atomic mass is 19.1. The van der Waals surface area contributed by atoms with Crippen molar-refractivity contribution in [2.45, 2.75) is 31.4 Å². The van der Waals surface area contributed by atoms with E-state index in [0.717, 1.165) is 24.8 Å². The second-order valence-electron chi connectivity index (χ2n) is 5.65. The zero-order valence-electron chi connectivity index (χ0n) is 11.9. The van der Waals surface area contributed by atoms with Crippen molar-refractivity contribution in [3.63, 3.8) is 0 Å². The van der Waals surface area contributed by atoms with Gasteiger partial charge in [-0.1, -0.05) is 12.1 Å². The van der Waals surface area contributed by atoms with Crippen LogP contribution in [0.5, 0.6) is 0 Å². The molecule has 114 valence electrons. The fourth-order valence-corrected chi connectivity index (χ4v) is 2.94.